The van der Waals surface area contributed by atoms with Crippen LogP contribution in [0.1, 0.15) is 49.8 Å². The van der Waals surface area contributed by atoms with Crippen molar-refractivity contribution in [1.29, 1.82) is 5.26 Å². The van der Waals surface area contributed by atoms with Gasteiger partial charge in [-0.05, 0) is 44.0 Å². The average Bonchev–Trinajstić information content (AvgIpc) is 3.60. The van der Waals surface area contributed by atoms with Gasteiger partial charge in [0.15, 0.2) is 11.4 Å². The first kappa shape index (κ1) is 29.8. The summed E-state index contributed by atoms with van der Waals surface area (Å²) < 4.78 is 55.1. The van der Waals surface area contributed by atoms with E-state index in [2.05, 4.69) is 16.4 Å². The zero-order valence-electron chi connectivity index (χ0n) is 23.6. The Hall–Kier alpha value is -3.69. The molecule has 1 amide bonds. The van der Waals surface area contributed by atoms with Crippen molar-refractivity contribution in [1.82, 2.24) is 14.9 Å². The average molecular weight is 581 g/mol. The number of nitrogens with one attached hydrogen (secondary N) is 1. The van der Waals surface area contributed by atoms with E-state index in [1.165, 1.54) is 6.07 Å². The lowest BCUT2D eigenvalue weighted by Gasteiger charge is -2.43. The Kier molecular flexibility index (Phi) is 8.99. The molecule has 222 valence electrons. The molecule has 1 aliphatic heterocycles. The molecular weight excluding hydrogens is 546 g/mol. The van der Waals surface area contributed by atoms with Crippen molar-refractivity contribution in [2.75, 3.05) is 6.54 Å². The number of halogens is 2. The van der Waals surface area contributed by atoms with Gasteiger partial charge in [0, 0.05) is 50.0 Å². The van der Waals surface area contributed by atoms with Gasteiger partial charge >= 0.3 is 0 Å². The molecular formula is C31H34F2N4O5. The minimum atomic E-state index is -1.43. The Bertz CT molecular complexity index is 1410. The number of amides is 1. The lowest BCUT2D eigenvalue weighted by Crippen LogP contribution is -2.60. The van der Waals surface area contributed by atoms with Crippen molar-refractivity contribution < 1.29 is 32.5 Å². The van der Waals surface area contributed by atoms with Crippen LogP contribution in [0.4, 0.5) is 8.78 Å². The van der Waals surface area contributed by atoms with Gasteiger partial charge in [0.2, 0.25) is 0 Å². The van der Waals surface area contributed by atoms with Gasteiger partial charge in [-0.15, -0.1) is 0 Å². The van der Waals surface area contributed by atoms with Gasteiger partial charge in [-0.25, -0.2) is 13.8 Å². The fourth-order valence-electron chi connectivity index (χ4n) is 5.49. The van der Waals surface area contributed by atoms with E-state index in [9.17, 15) is 13.6 Å². The number of hydrogen-bond acceptors (Lipinski definition) is 7. The Morgan fingerprint density at radius 2 is 1.98 bits per heavy atom. The summed E-state index contributed by atoms with van der Waals surface area (Å²) in [5.74, 6) is -2.73. The number of imidazole rings is 1. The Labute approximate surface area is 243 Å². The van der Waals surface area contributed by atoms with Gasteiger partial charge in [0.25, 0.3) is 5.91 Å². The van der Waals surface area contributed by atoms with Crippen LogP contribution in [0.2, 0.25) is 0 Å². The number of aromatic nitrogens is 2. The molecule has 2 fully saturated rings. The second-order valence-electron chi connectivity index (χ2n) is 11.1. The molecule has 1 aromatic heterocycles. The molecule has 2 heterocycles. The summed E-state index contributed by atoms with van der Waals surface area (Å²) in [5.41, 5.74) is 0.0784. The van der Waals surface area contributed by atoms with E-state index in [-0.39, 0.29) is 37.5 Å². The molecule has 0 unspecified atom stereocenters. The van der Waals surface area contributed by atoms with Crippen LogP contribution in [0.3, 0.4) is 0 Å². The maximum atomic E-state index is 14.6. The Morgan fingerprint density at radius 3 is 2.69 bits per heavy atom. The number of benzene rings is 2. The topological polar surface area (TPSA) is 108 Å². The number of ether oxygens (including phenoxy) is 4. The van der Waals surface area contributed by atoms with Gasteiger partial charge < -0.3 is 28.8 Å². The van der Waals surface area contributed by atoms with Crippen LogP contribution in [0.25, 0.3) is 0 Å². The SMILES string of the molecule is CC1(C)O[C@H]2[C@@H](OCc3ccc(C#N)cc3)C[C@](OCc3ccc(F)cc3F)(C(=O)NCCCn3ccnc3)C[C@H]2O1. The third-order valence-electron chi connectivity index (χ3n) is 7.57. The quantitative estimate of drug-likeness (QED) is 0.335. The maximum absolute atomic E-state index is 14.6. The van der Waals surface area contributed by atoms with Crippen LogP contribution < -0.4 is 5.32 Å². The van der Waals surface area contributed by atoms with Crippen molar-refractivity contribution in [2.45, 2.75) is 82.6 Å². The zero-order valence-corrected chi connectivity index (χ0v) is 23.6. The van der Waals surface area contributed by atoms with Gasteiger partial charge in [-0.1, -0.05) is 18.2 Å². The summed E-state index contributed by atoms with van der Waals surface area (Å²) in [6.45, 7) is 4.60. The molecule has 1 saturated carbocycles. The van der Waals surface area contributed by atoms with Crippen molar-refractivity contribution >= 4 is 5.91 Å². The van der Waals surface area contributed by atoms with Crippen molar-refractivity contribution in [3.8, 4) is 6.07 Å². The molecule has 4 atom stereocenters. The lowest BCUT2D eigenvalue weighted by molar-refractivity contribution is -0.183. The summed E-state index contributed by atoms with van der Waals surface area (Å²) in [5, 5.41) is 12.1. The summed E-state index contributed by atoms with van der Waals surface area (Å²) in [6, 6.07) is 12.4. The van der Waals surface area contributed by atoms with Gasteiger partial charge in [-0.2, -0.15) is 5.26 Å². The number of nitrogens with zero attached hydrogens (tertiary/aromatic N) is 3. The predicted octanol–water partition coefficient (Wildman–Crippen LogP) is 4.39. The van der Waals surface area contributed by atoms with Crippen LogP contribution in [0, 0.1) is 23.0 Å². The third-order valence-corrected chi connectivity index (χ3v) is 7.57. The largest absolute Gasteiger partial charge is 0.371 e. The van der Waals surface area contributed by atoms with E-state index < -0.39 is 41.3 Å². The monoisotopic (exact) mass is 580 g/mol. The van der Waals surface area contributed by atoms with Gasteiger partial charge in [0.05, 0.1) is 43.4 Å². The van der Waals surface area contributed by atoms with Crippen molar-refractivity contribution in [2.24, 2.45) is 0 Å². The lowest BCUT2D eigenvalue weighted by atomic mass is 9.78. The smallest absolute Gasteiger partial charge is 0.252 e. The highest BCUT2D eigenvalue weighted by atomic mass is 19.1. The molecule has 2 aromatic carbocycles. The number of hydrogen-bond donors (Lipinski definition) is 1. The molecule has 1 N–H and O–H groups in total. The van der Waals surface area contributed by atoms with Crippen LogP contribution in [-0.2, 0) is 43.5 Å². The molecule has 1 saturated heterocycles. The molecule has 0 radical (unpaired) electrons. The van der Waals surface area contributed by atoms with Crippen LogP contribution in [-0.4, -0.2) is 51.7 Å². The number of carbonyl (C=O) groups is 1. The fourth-order valence-corrected chi connectivity index (χ4v) is 5.49. The maximum Gasteiger partial charge on any atom is 0.252 e. The number of nitriles is 1. The summed E-state index contributed by atoms with van der Waals surface area (Å²) >= 11 is 0. The van der Waals surface area contributed by atoms with E-state index in [4.69, 9.17) is 24.2 Å². The molecule has 5 rings (SSSR count). The van der Waals surface area contributed by atoms with Crippen LogP contribution in [0.5, 0.6) is 0 Å². The molecule has 0 spiro atoms. The van der Waals surface area contributed by atoms with Crippen LogP contribution in [0.15, 0.2) is 61.2 Å². The Morgan fingerprint density at radius 1 is 1.17 bits per heavy atom. The van der Waals surface area contributed by atoms with E-state index in [1.54, 1.807) is 38.5 Å². The standard InChI is InChI=1S/C31H34F2N4O5/c1-30(2)41-27-16-31(40-19-23-8-9-24(32)14-25(23)33,29(38)36-10-3-12-37-13-11-35-20-37)15-26(28(27)42-30)39-18-22-6-4-21(17-34)5-7-22/h4-9,11,13-14,20,26-28H,3,10,12,15-16,18-19H2,1-2H3,(H,36,38)/t26-,27+,28-,31+/m0/s1. The number of fused-ring (bicyclic) bond motifs is 1. The number of rotatable bonds is 11. The highest BCUT2D eigenvalue weighted by molar-refractivity contribution is 5.85. The first-order valence-electron chi connectivity index (χ1n) is 13.9. The molecule has 9 nitrogen and oxygen atoms in total. The van der Waals surface area contributed by atoms with Gasteiger partial charge in [0.1, 0.15) is 17.7 Å². The highest BCUT2D eigenvalue weighted by Gasteiger charge is 2.58. The third kappa shape index (κ3) is 7.02. The van der Waals surface area contributed by atoms with E-state index in [0.29, 0.717) is 25.1 Å². The first-order chi connectivity index (χ1) is 20.2. The minimum Gasteiger partial charge on any atom is -0.371 e. The Balaban J connectivity index is 1.37. The predicted molar refractivity (Wildman–Crippen MR) is 147 cm³/mol. The molecule has 2 aliphatic rings. The second-order valence-corrected chi connectivity index (χ2v) is 11.1. The molecule has 3 aromatic rings. The summed E-state index contributed by atoms with van der Waals surface area (Å²) in [6.07, 6.45) is 4.59. The summed E-state index contributed by atoms with van der Waals surface area (Å²) in [7, 11) is 0. The number of carbonyl (C=O) groups excluding carboxylic acids is 1. The molecule has 11 heteroatoms. The van der Waals surface area contributed by atoms with Crippen molar-refractivity contribution in [3.63, 3.8) is 0 Å². The normalized spacial score (nSPS) is 24.6. The second kappa shape index (κ2) is 12.7. The van der Waals surface area contributed by atoms with Crippen molar-refractivity contribution in [3.05, 3.63) is 89.5 Å². The van der Waals surface area contributed by atoms with Gasteiger partial charge in [-0.3, -0.25) is 4.79 Å². The minimum absolute atomic E-state index is 0.125. The number of aryl methyl sites for hydroxylation is 1. The van der Waals surface area contributed by atoms with E-state index >= 15 is 0 Å². The van der Waals surface area contributed by atoms with E-state index in [0.717, 1.165) is 17.7 Å². The summed E-state index contributed by atoms with van der Waals surface area (Å²) in [4.78, 5) is 17.9. The highest BCUT2D eigenvalue weighted by Crippen LogP contribution is 2.44. The van der Waals surface area contributed by atoms with Crippen LogP contribution >= 0.6 is 0 Å². The fraction of sp³-hybridized carbons (Fsp3) is 0.452. The molecule has 1 aliphatic carbocycles. The first-order valence-corrected chi connectivity index (χ1v) is 13.9. The zero-order chi connectivity index (χ0) is 29.7. The molecule has 42 heavy (non-hydrogen) atoms. The van der Waals surface area contributed by atoms with E-state index in [1.807, 2.05) is 22.9 Å². The molecule has 0 bridgehead atoms.